The molecule has 0 aliphatic carbocycles. The van der Waals surface area contributed by atoms with Gasteiger partial charge in [-0.05, 0) is 46.1 Å². The molecule has 17 nitrogen and oxygen atoms in total. The van der Waals surface area contributed by atoms with Gasteiger partial charge in [0.2, 0.25) is 5.43 Å². The van der Waals surface area contributed by atoms with Gasteiger partial charge in [0.1, 0.15) is 39.8 Å². The van der Waals surface area contributed by atoms with E-state index in [1.807, 2.05) is 39.8 Å². The van der Waals surface area contributed by atoms with Gasteiger partial charge in [-0.15, -0.1) is 0 Å². The first-order valence-corrected chi connectivity index (χ1v) is 19.3. The molecular weight excluding hydrogens is 777 g/mol. The predicted molar refractivity (Wildman–Crippen MR) is 221 cm³/mol. The van der Waals surface area contributed by atoms with Crippen LogP contribution in [-0.4, -0.2) is 86.1 Å². The fraction of sp³-hybridized carbons (Fsp3) is 0.372. The number of ketones is 1. The molecule has 2 amide bonds. The molecule has 0 spiro atoms. The molecular formula is C43H50N6O11. The Kier molecular flexibility index (Phi) is 15.0. The number of aromatic amines is 2. The molecule has 6 N–H and O–H groups in total. The topological polar surface area (TPSA) is 248 Å². The second-order valence-corrected chi connectivity index (χ2v) is 14.6. The summed E-state index contributed by atoms with van der Waals surface area (Å²) in [4.78, 5) is 79.8. The van der Waals surface area contributed by atoms with E-state index in [4.69, 9.17) is 18.6 Å². The summed E-state index contributed by atoms with van der Waals surface area (Å²) in [5.41, 5.74) is 3.21. The third-order valence-corrected chi connectivity index (χ3v) is 9.63. The van der Waals surface area contributed by atoms with Crippen LogP contribution in [-0.2, 0) is 56.2 Å². The number of hydrogen-bond donors (Lipinski definition) is 6. The van der Waals surface area contributed by atoms with E-state index in [0.29, 0.717) is 17.0 Å². The number of Topliss-reactive ketones (excluding diaryl/α,β-unsaturated/α-hetero) is 1. The van der Waals surface area contributed by atoms with Crippen molar-refractivity contribution in [2.75, 3.05) is 20.3 Å². The highest BCUT2D eigenvalue weighted by atomic mass is 16.5. The van der Waals surface area contributed by atoms with E-state index >= 15 is 0 Å². The average molecular weight is 827 g/mol. The first kappa shape index (κ1) is 44.4. The average Bonchev–Trinajstić information content (AvgIpc) is 3.94. The van der Waals surface area contributed by atoms with Crippen LogP contribution in [0.4, 0.5) is 0 Å². The smallest absolute Gasteiger partial charge is 0.328 e. The van der Waals surface area contributed by atoms with E-state index in [2.05, 4.69) is 30.6 Å². The molecule has 0 saturated heterocycles. The second-order valence-electron chi connectivity index (χ2n) is 14.6. The maximum absolute atomic E-state index is 14.5. The van der Waals surface area contributed by atoms with Crippen LogP contribution in [0.1, 0.15) is 69.1 Å². The fourth-order valence-electron chi connectivity index (χ4n) is 6.55. The van der Waals surface area contributed by atoms with Crippen molar-refractivity contribution in [3.8, 4) is 17.2 Å². The maximum Gasteiger partial charge on any atom is 0.328 e. The summed E-state index contributed by atoms with van der Waals surface area (Å²) in [6.45, 7) is 7.47. The lowest BCUT2D eigenvalue weighted by molar-refractivity contribution is -0.145. The Morgan fingerprint density at radius 1 is 0.800 bits per heavy atom. The second kappa shape index (κ2) is 20.3. The number of phenolic OH excluding ortho intramolecular Hbond substituents is 1. The van der Waals surface area contributed by atoms with E-state index in [1.165, 1.54) is 38.1 Å². The van der Waals surface area contributed by atoms with Gasteiger partial charge >= 0.3 is 5.97 Å². The number of rotatable bonds is 20. The van der Waals surface area contributed by atoms with Gasteiger partial charge in [-0.1, -0.05) is 30.2 Å². The minimum absolute atomic E-state index is 0.0174. The van der Waals surface area contributed by atoms with Gasteiger partial charge in [0.25, 0.3) is 11.8 Å². The van der Waals surface area contributed by atoms with Gasteiger partial charge in [0.15, 0.2) is 19.0 Å². The molecule has 2 aromatic carbocycles. The Morgan fingerprint density at radius 3 is 1.82 bits per heavy atom. The number of carbonyl (C=O) groups excluding carboxylic acids is 4. The lowest BCUT2D eigenvalue weighted by Crippen LogP contribution is -2.45. The van der Waals surface area contributed by atoms with Crippen LogP contribution in [0.25, 0.3) is 21.9 Å². The summed E-state index contributed by atoms with van der Waals surface area (Å²) >= 11 is 0. The van der Waals surface area contributed by atoms with E-state index in [9.17, 15) is 34.2 Å². The summed E-state index contributed by atoms with van der Waals surface area (Å²) in [6, 6.07) is 0.884. The molecule has 3 aromatic heterocycles. The number of nitrogens with zero attached hydrogens (tertiary/aromatic N) is 2. The summed E-state index contributed by atoms with van der Waals surface area (Å²) < 4.78 is 23.1. The van der Waals surface area contributed by atoms with Gasteiger partial charge in [0, 0.05) is 66.3 Å². The van der Waals surface area contributed by atoms with E-state index in [1.54, 1.807) is 13.1 Å². The highest BCUT2D eigenvalue weighted by Gasteiger charge is 2.27. The number of imidazole rings is 2. The quantitative estimate of drug-likeness (QED) is 0.0370. The number of hydrogen-bond acceptors (Lipinski definition) is 13. The van der Waals surface area contributed by atoms with Crippen LogP contribution >= 0.6 is 0 Å². The number of fused-ring (bicyclic) bond motifs is 2. The summed E-state index contributed by atoms with van der Waals surface area (Å²) in [6.07, 6.45) is 10.4. The number of benzene rings is 2. The Hall–Kier alpha value is -6.75. The van der Waals surface area contributed by atoms with Crippen LogP contribution < -0.4 is 25.5 Å². The Morgan fingerprint density at radius 2 is 1.32 bits per heavy atom. The zero-order chi connectivity index (χ0) is 43.5. The number of esters is 1. The number of nitrogens with one attached hydrogen (secondary N) is 4. The molecule has 0 unspecified atom stereocenters. The molecule has 0 bridgehead atoms. The van der Waals surface area contributed by atoms with Crippen LogP contribution in [0.3, 0.4) is 0 Å². The van der Waals surface area contributed by atoms with Gasteiger partial charge in [-0.25, -0.2) is 14.8 Å². The lowest BCUT2D eigenvalue weighted by Gasteiger charge is -2.19. The minimum atomic E-state index is -1.06. The molecule has 60 heavy (non-hydrogen) atoms. The Balaban J connectivity index is 1.54. The fourth-order valence-corrected chi connectivity index (χ4v) is 6.55. The number of aliphatic hydroxyl groups is 1. The van der Waals surface area contributed by atoms with Crippen LogP contribution in [0, 0.1) is 0 Å². The summed E-state index contributed by atoms with van der Waals surface area (Å²) in [5, 5.41) is 27.7. The normalized spacial score (nSPS) is 12.1. The molecule has 2 atom stereocenters. The van der Waals surface area contributed by atoms with E-state index in [-0.39, 0.29) is 82.5 Å². The largest absolute Gasteiger partial charge is 0.507 e. The number of allylic oxidation sites excluding steroid dienone is 4. The molecule has 0 aliphatic rings. The number of carbonyl (C=O) groups is 4. The first-order chi connectivity index (χ1) is 28.7. The highest BCUT2D eigenvalue weighted by Crippen LogP contribution is 2.39. The van der Waals surface area contributed by atoms with Gasteiger partial charge in [0.05, 0.1) is 37.8 Å². The van der Waals surface area contributed by atoms with Crippen molar-refractivity contribution in [1.29, 1.82) is 0 Å². The molecule has 3 heterocycles. The van der Waals surface area contributed by atoms with Gasteiger partial charge in [-0.3, -0.25) is 19.2 Å². The van der Waals surface area contributed by atoms with Crippen LogP contribution in [0.15, 0.2) is 69.7 Å². The minimum Gasteiger partial charge on any atom is -0.507 e. The van der Waals surface area contributed by atoms with Crippen LogP contribution in [0.2, 0.25) is 0 Å². The van der Waals surface area contributed by atoms with Crippen molar-refractivity contribution >= 4 is 45.5 Å². The van der Waals surface area contributed by atoms with Crippen molar-refractivity contribution in [1.82, 2.24) is 30.6 Å². The molecule has 0 radical (unpaired) electrons. The lowest BCUT2D eigenvalue weighted by atomic mass is 9.95. The zero-order valence-electron chi connectivity index (χ0n) is 34.4. The van der Waals surface area contributed by atoms with Crippen LogP contribution in [0.5, 0.6) is 17.2 Å². The van der Waals surface area contributed by atoms with Gasteiger partial charge < -0.3 is 49.4 Å². The van der Waals surface area contributed by atoms with Crippen molar-refractivity contribution in [2.24, 2.45) is 0 Å². The van der Waals surface area contributed by atoms with E-state index < -0.39 is 60.9 Å². The van der Waals surface area contributed by atoms with Crippen molar-refractivity contribution in [3.63, 3.8) is 0 Å². The number of aliphatic hydroxyl groups excluding tert-OH is 1. The first-order valence-electron chi connectivity index (χ1n) is 19.3. The van der Waals surface area contributed by atoms with E-state index in [0.717, 1.165) is 11.1 Å². The number of H-pyrrole nitrogens is 2. The number of aromatic nitrogens is 4. The Labute approximate surface area is 345 Å². The molecule has 318 valence electrons. The molecule has 0 fully saturated rings. The third-order valence-electron chi connectivity index (χ3n) is 9.63. The monoisotopic (exact) mass is 826 g/mol. The number of amides is 2. The molecule has 0 saturated carbocycles. The third kappa shape index (κ3) is 10.8. The summed E-state index contributed by atoms with van der Waals surface area (Å²) in [5.74, 6) is -2.47. The maximum atomic E-state index is 14.5. The molecule has 17 heteroatoms. The molecule has 5 aromatic rings. The number of phenols is 1. The standard InChI is InChI=1S/C43H50N6O11/c1-7-32(51)30(12-25-16-44-21-46-25)48-37(52)19-58-33-14-36-40(41(54)28(33)11-9-24(4)5)42(55)39-27(10-8-23(2)3)29(18-50)34(15-35(39)60-36)59-20-38(53)49-31(43(56)57-6)13-26-17-45-22-47-26/h8-9,14-17,21-22,30-31,50,54H,7,10-13,18-20H2,1-6H3,(H,44,46)(H,45,47)(H,48,52)(H,49,53)/t30-,31-/m0/s1. The van der Waals surface area contributed by atoms with Gasteiger partial charge in [-0.2, -0.15) is 0 Å². The zero-order valence-corrected chi connectivity index (χ0v) is 34.4. The number of ether oxygens (including phenoxy) is 3. The summed E-state index contributed by atoms with van der Waals surface area (Å²) in [7, 11) is 1.20. The van der Waals surface area contributed by atoms with Crippen molar-refractivity contribution in [2.45, 2.75) is 85.4 Å². The van der Waals surface area contributed by atoms with Crippen molar-refractivity contribution < 1.29 is 48.0 Å². The predicted octanol–water partition coefficient (Wildman–Crippen LogP) is 3.97. The molecule has 0 aliphatic heterocycles. The molecule has 5 rings (SSSR count). The van der Waals surface area contributed by atoms with Crippen molar-refractivity contribution in [3.05, 3.63) is 98.8 Å². The number of methoxy groups -OCH3 is 1. The highest BCUT2D eigenvalue weighted by molar-refractivity contribution is 5.97. The number of aromatic hydroxyl groups is 1. The SMILES string of the molecule is CCC(=O)[C@H](Cc1cnc[nH]1)NC(=O)COc1cc2oc3cc(OCC(=O)N[C@@H](Cc4cnc[nH]4)C(=O)OC)c(CO)c(CC=C(C)C)c3c(=O)c2c(O)c1CC=C(C)C. The Bertz CT molecular complexity index is 2460.